The summed E-state index contributed by atoms with van der Waals surface area (Å²) in [5.41, 5.74) is 0. The molecule has 4 heteroatoms. The Bertz CT molecular complexity index is 667. The fraction of sp³-hybridized carbons (Fsp3) is 0.757. The Kier molecular flexibility index (Phi) is 31.5. The number of unbranched alkanes of at least 4 members (excludes halogenated alkanes) is 17. The van der Waals surface area contributed by atoms with Gasteiger partial charge < -0.3 is 15.5 Å². The highest BCUT2D eigenvalue weighted by Crippen LogP contribution is 2.12. The van der Waals surface area contributed by atoms with E-state index < -0.39 is 12.1 Å². The van der Waals surface area contributed by atoms with E-state index in [1.165, 1.54) is 103 Å². The van der Waals surface area contributed by atoms with Crippen molar-refractivity contribution < 1.29 is 15.0 Å². The maximum absolute atomic E-state index is 12.2. The van der Waals surface area contributed by atoms with Crippen molar-refractivity contribution in [2.75, 3.05) is 6.61 Å². The monoisotopic (exact) mass is 574 g/mol. The van der Waals surface area contributed by atoms with E-state index in [1.807, 2.05) is 12.2 Å². The van der Waals surface area contributed by atoms with Gasteiger partial charge in [-0.25, -0.2) is 0 Å². The molecule has 0 aromatic rings. The van der Waals surface area contributed by atoms with Crippen molar-refractivity contribution >= 4 is 5.91 Å². The molecule has 0 aliphatic carbocycles. The first kappa shape index (κ1) is 39.4. The number of carbonyl (C=O) groups excluding carboxylic acids is 1. The summed E-state index contributed by atoms with van der Waals surface area (Å²) in [7, 11) is 0. The Morgan fingerprint density at radius 2 is 1.02 bits per heavy atom. The van der Waals surface area contributed by atoms with Crippen molar-refractivity contribution in [3.8, 4) is 0 Å². The second-order valence-electron chi connectivity index (χ2n) is 11.6. The Hall–Kier alpha value is -1.65. The second-order valence-corrected chi connectivity index (χ2v) is 11.6. The highest BCUT2D eigenvalue weighted by atomic mass is 16.3. The fourth-order valence-electron chi connectivity index (χ4n) is 4.83. The summed E-state index contributed by atoms with van der Waals surface area (Å²) in [6, 6.07) is -0.667. The average Bonchev–Trinajstić information content (AvgIpc) is 2.97. The molecule has 41 heavy (non-hydrogen) atoms. The predicted molar refractivity (Wildman–Crippen MR) is 179 cm³/mol. The Morgan fingerprint density at radius 1 is 0.585 bits per heavy atom. The summed E-state index contributed by atoms with van der Waals surface area (Å²) in [5.74, 6) is -0.144. The lowest BCUT2D eigenvalue weighted by atomic mass is 10.1. The van der Waals surface area contributed by atoms with Crippen LogP contribution in [0.15, 0.2) is 48.6 Å². The van der Waals surface area contributed by atoms with E-state index in [1.54, 1.807) is 6.08 Å². The van der Waals surface area contributed by atoms with Gasteiger partial charge in [-0.2, -0.15) is 0 Å². The molecule has 0 saturated carbocycles. The van der Waals surface area contributed by atoms with Crippen LogP contribution < -0.4 is 5.32 Å². The van der Waals surface area contributed by atoms with E-state index >= 15 is 0 Å². The number of allylic oxidation sites excluding steroid dienone is 7. The number of carbonyl (C=O) groups is 1. The molecule has 2 atom stereocenters. The molecule has 0 aliphatic rings. The lowest BCUT2D eigenvalue weighted by Crippen LogP contribution is -2.45. The zero-order valence-electron chi connectivity index (χ0n) is 27.0. The molecule has 0 aromatic heterocycles. The molecule has 0 bridgehead atoms. The molecule has 0 radical (unpaired) electrons. The Labute approximate surface area is 254 Å². The molecule has 1 amide bonds. The van der Waals surface area contributed by atoms with Gasteiger partial charge in [-0.1, -0.05) is 152 Å². The number of hydrogen-bond acceptors (Lipinski definition) is 3. The minimum atomic E-state index is -0.883. The van der Waals surface area contributed by atoms with Crippen molar-refractivity contribution in [3.63, 3.8) is 0 Å². The zero-order valence-corrected chi connectivity index (χ0v) is 27.0. The number of aliphatic hydroxyl groups excluding tert-OH is 2. The van der Waals surface area contributed by atoms with Crippen LogP contribution in [0.2, 0.25) is 0 Å². The predicted octanol–water partition coefficient (Wildman–Crippen LogP) is 10.1. The Balaban J connectivity index is 3.79. The summed E-state index contributed by atoms with van der Waals surface area (Å²) >= 11 is 0. The molecule has 3 N–H and O–H groups in total. The minimum Gasteiger partial charge on any atom is -0.394 e. The molecule has 0 heterocycles. The van der Waals surface area contributed by atoms with Gasteiger partial charge >= 0.3 is 0 Å². The van der Waals surface area contributed by atoms with Crippen LogP contribution in [0.5, 0.6) is 0 Å². The zero-order chi connectivity index (χ0) is 30.1. The molecule has 0 saturated heterocycles. The number of nitrogens with one attached hydrogen (secondary N) is 1. The third kappa shape index (κ3) is 29.6. The van der Waals surface area contributed by atoms with Gasteiger partial charge in [-0.05, 0) is 51.4 Å². The largest absolute Gasteiger partial charge is 0.394 e. The first-order valence-corrected chi connectivity index (χ1v) is 17.4. The maximum Gasteiger partial charge on any atom is 0.220 e. The Morgan fingerprint density at radius 3 is 1.56 bits per heavy atom. The average molecular weight is 574 g/mol. The van der Waals surface area contributed by atoms with Crippen molar-refractivity contribution in [2.24, 2.45) is 0 Å². The minimum absolute atomic E-state index is 0.144. The SMILES string of the molecule is CCCCCCCC/C=C\C/C=C\CCC(=O)NC(CO)C(O)/C=C/CC/C=C/CCCCCCCCCCCC. The lowest BCUT2D eigenvalue weighted by molar-refractivity contribution is -0.122. The van der Waals surface area contributed by atoms with E-state index in [2.05, 4.69) is 49.5 Å². The molecule has 2 unspecified atom stereocenters. The molecule has 0 aliphatic heterocycles. The van der Waals surface area contributed by atoms with Crippen LogP contribution in [0.25, 0.3) is 0 Å². The van der Waals surface area contributed by atoms with Crippen LogP contribution in [-0.4, -0.2) is 34.9 Å². The van der Waals surface area contributed by atoms with E-state index in [9.17, 15) is 15.0 Å². The van der Waals surface area contributed by atoms with Gasteiger partial charge in [-0.15, -0.1) is 0 Å². The summed E-state index contributed by atoms with van der Waals surface area (Å²) < 4.78 is 0. The molecular formula is C37H67NO3. The summed E-state index contributed by atoms with van der Waals surface area (Å²) in [6.07, 6.45) is 43.4. The summed E-state index contributed by atoms with van der Waals surface area (Å²) in [6.45, 7) is 4.23. The van der Waals surface area contributed by atoms with Crippen LogP contribution in [-0.2, 0) is 4.79 Å². The highest BCUT2D eigenvalue weighted by molar-refractivity contribution is 5.76. The van der Waals surface area contributed by atoms with E-state index in [0.29, 0.717) is 12.8 Å². The standard InChI is InChI=1S/C37H67NO3/c1-3-5-7-9-11-13-15-17-18-19-21-22-24-26-28-30-32-36(40)35(34-39)38-37(41)33-31-29-27-25-23-20-16-14-12-10-8-6-4-2/h20,22-24,27,29-30,32,35-36,39-40H,3-19,21,25-26,28,31,33-34H2,1-2H3,(H,38,41)/b23-20-,24-22+,29-27-,32-30+. The van der Waals surface area contributed by atoms with Crippen LogP contribution in [0, 0.1) is 0 Å². The van der Waals surface area contributed by atoms with Crippen molar-refractivity contribution in [3.05, 3.63) is 48.6 Å². The van der Waals surface area contributed by atoms with Gasteiger partial charge in [0, 0.05) is 6.42 Å². The number of aliphatic hydroxyl groups is 2. The van der Waals surface area contributed by atoms with Gasteiger partial charge in [0.15, 0.2) is 0 Å². The van der Waals surface area contributed by atoms with Crippen molar-refractivity contribution in [2.45, 2.75) is 174 Å². The number of amides is 1. The van der Waals surface area contributed by atoms with Crippen LogP contribution in [0.1, 0.15) is 162 Å². The molecule has 238 valence electrons. The molecule has 4 nitrogen and oxygen atoms in total. The normalized spacial score (nSPS) is 13.8. The van der Waals surface area contributed by atoms with E-state index in [-0.39, 0.29) is 12.5 Å². The van der Waals surface area contributed by atoms with Gasteiger partial charge in [0.05, 0.1) is 18.8 Å². The van der Waals surface area contributed by atoms with Crippen molar-refractivity contribution in [1.29, 1.82) is 0 Å². The molecule has 0 spiro atoms. The topological polar surface area (TPSA) is 69.6 Å². The number of rotatable bonds is 30. The van der Waals surface area contributed by atoms with Gasteiger partial charge in [0.2, 0.25) is 5.91 Å². The van der Waals surface area contributed by atoms with Crippen LogP contribution in [0.3, 0.4) is 0 Å². The van der Waals surface area contributed by atoms with Crippen LogP contribution >= 0.6 is 0 Å². The van der Waals surface area contributed by atoms with Gasteiger partial charge in [0.25, 0.3) is 0 Å². The first-order valence-electron chi connectivity index (χ1n) is 17.4. The van der Waals surface area contributed by atoms with Gasteiger partial charge in [0.1, 0.15) is 0 Å². The highest BCUT2D eigenvalue weighted by Gasteiger charge is 2.17. The smallest absolute Gasteiger partial charge is 0.220 e. The molecular weight excluding hydrogens is 506 g/mol. The molecule has 0 aromatic carbocycles. The molecule has 0 fully saturated rings. The van der Waals surface area contributed by atoms with E-state index in [0.717, 1.165) is 32.1 Å². The fourth-order valence-corrected chi connectivity index (χ4v) is 4.83. The number of hydrogen-bond donors (Lipinski definition) is 3. The van der Waals surface area contributed by atoms with Crippen LogP contribution in [0.4, 0.5) is 0 Å². The van der Waals surface area contributed by atoms with Crippen molar-refractivity contribution in [1.82, 2.24) is 5.32 Å². The quantitative estimate of drug-likeness (QED) is 0.0591. The first-order chi connectivity index (χ1) is 20.2. The molecule has 0 rings (SSSR count). The third-order valence-electron chi connectivity index (χ3n) is 7.55. The third-order valence-corrected chi connectivity index (χ3v) is 7.55. The lowest BCUT2D eigenvalue weighted by Gasteiger charge is -2.19. The van der Waals surface area contributed by atoms with E-state index in [4.69, 9.17) is 0 Å². The second kappa shape index (κ2) is 32.9. The van der Waals surface area contributed by atoms with Gasteiger partial charge in [-0.3, -0.25) is 4.79 Å². The summed E-state index contributed by atoms with van der Waals surface area (Å²) in [4.78, 5) is 12.2. The summed E-state index contributed by atoms with van der Waals surface area (Å²) in [5, 5.41) is 22.7. The maximum atomic E-state index is 12.2.